The Kier molecular flexibility index (Phi) is 6.76. The smallest absolute Gasteiger partial charge is 0.330 e. The summed E-state index contributed by atoms with van der Waals surface area (Å²) in [6.45, 7) is 5.54. The normalized spacial score (nSPS) is 16.5. The molecule has 0 aliphatic carbocycles. The minimum Gasteiger partial charge on any atom is -0.496 e. The molecule has 0 bridgehead atoms. The Balaban J connectivity index is 1.85. The number of rotatable bonds is 6. The van der Waals surface area contributed by atoms with Crippen molar-refractivity contribution in [3.8, 4) is 5.75 Å². The quantitative estimate of drug-likeness (QED) is 0.380. The van der Waals surface area contributed by atoms with E-state index in [0.717, 1.165) is 33.2 Å². The molecule has 0 saturated carbocycles. The van der Waals surface area contributed by atoms with Gasteiger partial charge in [-0.3, -0.25) is 9.69 Å². The van der Waals surface area contributed by atoms with Crippen molar-refractivity contribution in [3.05, 3.63) is 64.9 Å². The second kappa shape index (κ2) is 9.62. The van der Waals surface area contributed by atoms with Crippen molar-refractivity contribution in [3.63, 3.8) is 0 Å². The molecule has 1 aromatic heterocycles. The molecular weight excluding hydrogens is 449 g/mol. The Hall–Kier alpha value is -3.52. The van der Waals surface area contributed by atoms with Gasteiger partial charge in [-0.1, -0.05) is 18.2 Å². The van der Waals surface area contributed by atoms with Crippen LogP contribution in [0.3, 0.4) is 0 Å². The number of nitrogens with zero attached hydrogens (tertiary/aromatic N) is 3. The molecule has 7 nitrogen and oxygen atoms in total. The third-order valence-electron chi connectivity index (χ3n) is 6.25. The number of carbonyl (C=O) groups is 2. The van der Waals surface area contributed by atoms with Crippen LogP contribution < -0.4 is 4.74 Å². The number of alkyl halides is 1. The van der Waals surface area contributed by atoms with Crippen LogP contribution in [0.25, 0.3) is 17.0 Å². The van der Waals surface area contributed by atoms with Crippen molar-refractivity contribution in [1.29, 1.82) is 0 Å². The first-order valence-corrected chi connectivity index (χ1v) is 11.5. The van der Waals surface area contributed by atoms with Crippen LogP contribution in [0.2, 0.25) is 0 Å². The summed E-state index contributed by atoms with van der Waals surface area (Å²) in [5.74, 6) is 0.0437. The highest BCUT2D eigenvalue weighted by molar-refractivity contribution is 5.92. The molecule has 0 saturated heterocycles. The molecular formula is C27H30FN3O4. The molecule has 1 unspecified atom stereocenters. The lowest BCUT2D eigenvalue weighted by atomic mass is 9.85. The summed E-state index contributed by atoms with van der Waals surface area (Å²) >= 11 is 0. The van der Waals surface area contributed by atoms with E-state index in [2.05, 4.69) is 14.7 Å². The minimum atomic E-state index is -1.39. The average molecular weight is 480 g/mol. The second-order valence-corrected chi connectivity index (χ2v) is 9.34. The SMILES string of the molecule is COC(=O)/C=C/c1ccc(C2c3ccc4c(cnn4C(C)=O)c3CCN2CC(C)(C)F)c(OC)c1. The summed E-state index contributed by atoms with van der Waals surface area (Å²) in [7, 11) is 2.93. The van der Waals surface area contributed by atoms with E-state index in [1.807, 2.05) is 30.3 Å². The maximum absolute atomic E-state index is 14.9. The molecule has 2 aromatic carbocycles. The molecule has 2 heterocycles. The van der Waals surface area contributed by atoms with Gasteiger partial charge in [0.05, 0.1) is 32.0 Å². The van der Waals surface area contributed by atoms with Crippen molar-refractivity contribution in [1.82, 2.24) is 14.7 Å². The van der Waals surface area contributed by atoms with E-state index < -0.39 is 11.6 Å². The van der Waals surface area contributed by atoms with Gasteiger partial charge in [-0.25, -0.2) is 13.9 Å². The van der Waals surface area contributed by atoms with Crippen LogP contribution in [0.5, 0.6) is 5.75 Å². The topological polar surface area (TPSA) is 73.7 Å². The molecule has 1 aliphatic rings. The van der Waals surface area contributed by atoms with Crippen LogP contribution in [-0.2, 0) is 16.0 Å². The standard InChI is InChI=1S/C27H30FN3O4/c1-17(32)31-23-10-9-20-19(22(23)15-29-31)12-13-30(16-27(2,3)28)26(20)21-8-6-18(14-24(21)34-4)7-11-25(33)35-5/h6-11,14-15,26H,12-13,16H2,1-5H3/b11-7+. The van der Waals surface area contributed by atoms with Gasteiger partial charge in [0.2, 0.25) is 5.91 Å². The minimum absolute atomic E-state index is 0.148. The van der Waals surface area contributed by atoms with Crippen LogP contribution >= 0.6 is 0 Å². The lowest BCUT2D eigenvalue weighted by molar-refractivity contribution is -0.134. The molecule has 8 heteroatoms. The lowest BCUT2D eigenvalue weighted by Crippen LogP contribution is -2.43. The second-order valence-electron chi connectivity index (χ2n) is 9.34. The van der Waals surface area contributed by atoms with Crippen molar-refractivity contribution in [2.45, 2.75) is 38.9 Å². The molecule has 4 rings (SSSR count). The lowest BCUT2D eigenvalue weighted by Gasteiger charge is -2.40. The van der Waals surface area contributed by atoms with Gasteiger partial charge in [0, 0.05) is 37.0 Å². The third-order valence-corrected chi connectivity index (χ3v) is 6.25. The monoisotopic (exact) mass is 479 g/mol. The zero-order valence-corrected chi connectivity index (χ0v) is 20.7. The molecule has 184 valence electrons. The van der Waals surface area contributed by atoms with E-state index in [9.17, 15) is 14.0 Å². The van der Waals surface area contributed by atoms with Gasteiger partial charge in [0.25, 0.3) is 0 Å². The summed E-state index contributed by atoms with van der Waals surface area (Å²) in [5.41, 5.74) is 3.19. The number of hydrogen-bond acceptors (Lipinski definition) is 6. The number of halogens is 1. The zero-order valence-electron chi connectivity index (χ0n) is 20.7. The van der Waals surface area contributed by atoms with Gasteiger partial charge < -0.3 is 9.47 Å². The van der Waals surface area contributed by atoms with Gasteiger partial charge in [0.15, 0.2) is 0 Å². The molecule has 3 aromatic rings. The van der Waals surface area contributed by atoms with E-state index >= 15 is 0 Å². The Morgan fingerprint density at radius 1 is 1.20 bits per heavy atom. The number of aromatic nitrogens is 2. The first kappa shape index (κ1) is 24.6. The van der Waals surface area contributed by atoms with E-state index in [1.165, 1.54) is 24.8 Å². The van der Waals surface area contributed by atoms with Gasteiger partial charge in [-0.15, -0.1) is 0 Å². The third kappa shape index (κ3) is 4.98. The Bertz CT molecular complexity index is 1310. The fraction of sp³-hybridized carbons (Fsp3) is 0.370. The van der Waals surface area contributed by atoms with Crippen molar-refractivity contribution in [2.24, 2.45) is 0 Å². The summed E-state index contributed by atoms with van der Waals surface area (Å²) in [4.78, 5) is 25.7. The molecule has 0 radical (unpaired) electrons. The van der Waals surface area contributed by atoms with Crippen LogP contribution in [0.1, 0.15) is 53.9 Å². The highest BCUT2D eigenvalue weighted by Gasteiger charge is 2.35. The molecule has 0 spiro atoms. The molecule has 1 atom stereocenters. The molecule has 35 heavy (non-hydrogen) atoms. The summed E-state index contributed by atoms with van der Waals surface area (Å²) in [5, 5.41) is 5.22. The van der Waals surface area contributed by atoms with Crippen molar-refractivity contribution >= 4 is 28.9 Å². The predicted molar refractivity (Wildman–Crippen MR) is 132 cm³/mol. The van der Waals surface area contributed by atoms with Crippen molar-refractivity contribution < 1.29 is 23.5 Å². The predicted octanol–water partition coefficient (Wildman–Crippen LogP) is 4.59. The van der Waals surface area contributed by atoms with Gasteiger partial charge >= 0.3 is 5.97 Å². The first-order chi connectivity index (χ1) is 16.6. The molecule has 1 aliphatic heterocycles. The maximum atomic E-state index is 14.9. The van der Waals surface area contributed by atoms with E-state index in [1.54, 1.807) is 33.2 Å². The fourth-order valence-corrected chi connectivity index (χ4v) is 4.85. The Labute approximate surface area is 204 Å². The van der Waals surface area contributed by atoms with Crippen LogP contribution in [-0.4, -0.2) is 59.5 Å². The Morgan fingerprint density at radius 2 is 1.94 bits per heavy atom. The number of hydrogen-bond donors (Lipinski definition) is 0. The Morgan fingerprint density at radius 3 is 2.60 bits per heavy atom. The summed E-state index contributed by atoms with van der Waals surface area (Å²) in [6.07, 6.45) is 5.46. The number of carbonyl (C=O) groups excluding carboxylic acids is 2. The van der Waals surface area contributed by atoms with E-state index in [-0.39, 0.29) is 18.5 Å². The van der Waals surface area contributed by atoms with Gasteiger partial charge in [-0.2, -0.15) is 5.10 Å². The first-order valence-electron chi connectivity index (χ1n) is 11.5. The number of fused-ring (bicyclic) bond motifs is 3. The average Bonchev–Trinajstić information content (AvgIpc) is 3.26. The maximum Gasteiger partial charge on any atom is 0.330 e. The van der Waals surface area contributed by atoms with E-state index in [0.29, 0.717) is 18.7 Å². The zero-order chi connectivity index (χ0) is 25.3. The number of methoxy groups -OCH3 is 2. The highest BCUT2D eigenvalue weighted by Crippen LogP contribution is 2.42. The fourth-order valence-electron chi connectivity index (χ4n) is 4.85. The largest absolute Gasteiger partial charge is 0.496 e. The van der Waals surface area contributed by atoms with Gasteiger partial charge in [0.1, 0.15) is 11.4 Å². The van der Waals surface area contributed by atoms with Crippen LogP contribution in [0, 0.1) is 0 Å². The molecule has 0 amide bonds. The summed E-state index contributed by atoms with van der Waals surface area (Å²) in [6, 6.07) is 9.36. The van der Waals surface area contributed by atoms with Crippen LogP contribution in [0.4, 0.5) is 4.39 Å². The van der Waals surface area contributed by atoms with Crippen LogP contribution in [0.15, 0.2) is 42.6 Å². The molecule has 0 N–H and O–H groups in total. The highest BCUT2D eigenvalue weighted by atomic mass is 19.1. The van der Waals surface area contributed by atoms with E-state index in [4.69, 9.17) is 4.74 Å². The number of esters is 1. The van der Waals surface area contributed by atoms with Gasteiger partial charge in [-0.05, 0) is 55.2 Å². The number of benzene rings is 2. The van der Waals surface area contributed by atoms with Crippen molar-refractivity contribution in [2.75, 3.05) is 27.3 Å². The molecule has 0 fully saturated rings. The summed E-state index contributed by atoms with van der Waals surface area (Å²) < 4.78 is 26.7. The number of ether oxygens (including phenoxy) is 2.